The first-order chi connectivity index (χ1) is 8.08. The van der Waals surface area contributed by atoms with Crippen molar-refractivity contribution in [2.45, 2.75) is 19.3 Å². The number of unbranched alkanes of at least 4 members (excludes halogenated alkanes) is 2. The van der Waals surface area contributed by atoms with Gasteiger partial charge < -0.3 is 0 Å². The van der Waals surface area contributed by atoms with Gasteiger partial charge in [-0.1, -0.05) is 48.4 Å². The van der Waals surface area contributed by atoms with Crippen molar-refractivity contribution in [3.05, 3.63) is 42.0 Å². The van der Waals surface area contributed by atoms with Gasteiger partial charge in [0.2, 0.25) is 9.84 Å². The topological polar surface area (TPSA) is 34.1 Å². The smallest absolute Gasteiger partial charge is 0.213 e. The van der Waals surface area contributed by atoms with E-state index < -0.39 is 9.84 Å². The van der Waals surface area contributed by atoms with Crippen LogP contribution in [0.25, 0.3) is 6.08 Å². The second-order valence-electron chi connectivity index (χ2n) is 3.76. The van der Waals surface area contributed by atoms with Gasteiger partial charge in [-0.2, -0.15) is 0 Å². The van der Waals surface area contributed by atoms with Crippen LogP contribution < -0.4 is 0 Å². The van der Waals surface area contributed by atoms with Crippen molar-refractivity contribution in [1.29, 1.82) is 0 Å². The molecule has 3 heteroatoms. The summed E-state index contributed by atoms with van der Waals surface area (Å²) in [6.45, 7) is 0. The van der Waals surface area contributed by atoms with Gasteiger partial charge in [0.05, 0.1) is 6.26 Å². The third kappa shape index (κ3) is 7.37. The Hall–Kier alpha value is -1.53. The summed E-state index contributed by atoms with van der Waals surface area (Å²) in [7, 11) is -3.14. The Morgan fingerprint density at radius 3 is 2.59 bits per heavy atom. The highest BCUT2D eigenvalue weighted by molar-refractivity contribution is 7.95. The maximum Gasteiger partial charge on any atom is 0.213 e. The molecule has 17 heavy (non-hydrogen) atoms. The van der Waals surface area contributed by atoms with Crippen LogP contribution in [-0.4, -0.2) is 14.7 Å². The average Bonchev–Trinajstić information content (AvgIpc) is 2.28. The summed E-state index contributed by atoms with van der Waals surface area (Å²) in [5.41, 5.74) is 1.18. The third-order valence-corrected chi connectivity index (χ3v) is 2.56. The molecule has 0 bridgehead atoms. The van der Waals surface area contributed by atoms with Gasteiger partial charge in [-0.15, -0.1) is 0 Å². The van der Waals surface area contributed by atoms with Crippen LogP contribution in [0.4, 0.5) is 0 Å². The summed E-state index contributed by atoms with van der Waals surface area (Å²) in [4.78, 5) is 0. The third-order valence-electron chi connectivity index (χ3n) is 2.04. The fraction of sp³-hybridized carbons (Fsp3) is 0.286. The average molecular weight is 248 g/mol. The predicted octanol–water partition coefficient (Wildman–Crippen LogP) is 2.88. The van der Waals surface area contributed by atoms with E-state index in [1.165, 1.54) is 5.56 Å². The summed E-state index contributed by atoms with van der Waals surface area (Å²) in [6.07, 6.45) is 7.67. The Labute approximate surface area is 103 Å². The Morgan fingerprint density at radius 2 is 1.94 bits per heavy atom. The van der Waals surface area contributed by atoms with Gasteiger partial charge in [0, 0.05) is 11.7 Å². The second-order valence-corrected chi connectivity index (χ2v) is 5.50. The number of hydrogen-bond donors (Lipinski definition) is 0. The predicted molar refractivity (Wildman–Crippen MR) is 71.9 cm³/mol. The van der Waals surface area contributed by atoms with Crippen molar-refractivity contribution < 1.29 is 8.42 Å². The van der Waals surface area contributed by atoms with Crippen LogP contribution in [-0.2, 0) is 9.84 Å². The highest BCUT2D eigenvalue weighted by atomic mass is 32.2. The highest BCUT2D eigenvalue weighted by Crippen LogP contribution is 2.03. The summed E-state index contributed by atoms with van der Waals surface area (Å²) in [5, 5.41) is 2.23. The van der Waals surface area contributed by atoms with Gasteiger partial charge in [0.1, 0.15) is 0 Å². The zero-order chi connectivity index (χ0) is 12.6. The molecule has 0 N–H and O–H groups in total. The van der Waals surface area contributed by atoms with Crippen LogP contribution in [0.3, 0.4) is 0 Å². The lowest BCUT2D eigenvalue weighted by atomic mass is 10.2. The number of benzene rings is 1. The monoisotopic (exact) mass is 248 g/mol. The summed E-state index contributed by atoms with van der Waals surface area (Å²) >= 11 is 0. The molecule has 1 rings (SSSR count). The van der Waals surface area contributed by atoms with Crippen molar-refractivity contribution in [1.82, 2.24) is 0 Å². The van der Waals surface area contributed by atoms with E-state index in [9.17, 15) is 8.42 Å². The lowest BCUT2D eigenvalue weighted by Crippen LogP contribution is -1.88. The molecule has 0 atom stereocenters. The van der Waals surface area contributed by atoms with E-state index in [2.05, 4.69) is 23.3 Å². The maximum atomic E-state index is 10.7. The molecule has 0 unspecified atom stereocenters. The van der Waals surface area contributed by atoms with Gasteiger partial charge in [0.25, 0.3) is 0 Å². The summed E-state index contributed by atoms with van der Waals surface area (Å²) < 4.78 is 21.4. The lowest BCUT2D eigenvalue weighted by molar-refractivity contribution is 0.611. The summed E-state index contributed by atoms with van der Waals surface area (Å²) in [6, 6.07) is 10.1. The zero-order valence-corrected chi connectivity index (χ0v) is 10.7. The molecule has 0 aromatic heterocycles. The standard InChI is InChI=1S/C14H16O2S/c1-17(15,16)13-9-4-2-3-6-10-14-11-7-5-8-12-14/h5-8,10-12H,2-4H2,1H3/b10-6+. The van der Waals surface area contributed by atoms with Crippen molar-refractivity contribution in [3.63, 3.8) is 0 Å². The molecule has 0 saturated heterocycles. The first-order valence-corrected chi connectivity index (χ1v) is 7.38. The normalized spacial score (nSPS) is 11.1. The minimum Gasteiger partial charge on any atom is -0.216 e. The van der Waals surface area contributed by atoms with E-state index in [1.807, 2.05) is 30.3 Å². The van der Waals surface area contributed by atoms with Crippen molar-refractivity contribution in [2.75, 3.05) is 6.26 Å². The second kappa shape index (κ2) is 6.93. The number of sulfone groups is 1. The molecule has 1 aromatic rings. The van der Waals surface area contributed by atoms with E-state index >= 15 is 0 Å². The quantitative estimate of drug-likeness (QED) is 0.466. The summed E-state index contributed by atoms with van der Waals surface area (Å²) in [5.74, 6) is 2.65. The molecule has 0 aliphatic carbocycles. The van der Waals surface area contributed by atoms with E-state index in [-0.39, 0.29) is 0 Å². The van der Waals surface area contributed by atoms with Crippen LogP contribution in [0.15, 0.2) is 36.4 Å². The first-order valence-electron chi connectivity index (χ1n) is 5.49. The minimum absolute atomic E-state index is 0.617. The van der Waals surface area contributed by atoms with Crippen molar-refractivity contribution >= 4 is 15.9 Å². The van der Waals surface area contributed by atoms with Crippen molar-refractivity contribution in [2.24, 2.45) is 0 Å². The van der Waals surface area contributed by atoms with Crippen LogP contribution in [0.5, 0.6) is 0 Å². The molecule has 0 spiro atoms. The highest BCUT2D eigenvalue weighted by Gasteiger charge is 1.90. The van der Waals surface area contributed by atoms with E-state index in [4.69, 9.17) is 0 Å². The Morgan fingerprint density at radius 1 is 1.24 bits per heavy atom. The maximum absolute atomic E-state index is 10.7. The van der Waals surface area contributed by atoms with E-state index in [0.717, 1.165) is 19.1 Å². The molecular weight excluding hydrogens is 232 g/mol. The first kappa shape index (κ1) is 13.5. The molecule has 1 aromatic carbocycles. The fourth-order valence-corrected chi connectivity index (χ4v) is 1.64. The molecule has 2 nitrogen and oxygen atoms in total. The molecule has 0 aliphatic heterocycles. The van der Waals surface area contributed by atoms with Crippen LogP contribution in [0, 0.1) is 11.2 Å². The van der Waals surface area contributed by atoms with E-state index in [0.29, 0.717) is 6.42 Å². The molecule has 0 aliphatic rings. The van der Waals surface area contributed by atoms with Gasteiger partial charge in [-0.05, 0) is 18.4 Å². The van der Waals surface area contributed by atoms with Crippen LogP contribution in [0.2, 0.25) is 0 Å². The Kier molecular flexibility index (Phi) is 5.51. The number of allylic oxidation sites excluding steroid dienone is 1. The molecule has 0 radical (unpaired) electrons. The minimum atomic E-state index is -3.14. The molecule has 0 saturated carbocycles. The van der Waals surface area contributed by atoms with Crippen LogP contribution in [0.1, 0.15) is 24.8 Å². The van der Waals surface area contributed by atoms with Crippen molar-refractivity contribution in [3.8, 4) is 11.2 Å². The Bertz CT molecular complexity index is 516. The molecule has 0 heterocycles. The largest absolute Gasteiger partial charge is 0.216 e. The zero-order valence-electron chi connectivity index (χ0n) is 9.89. The molecule has 0 fully saturated rings. The number of hydrogen-bond acceptors (Lipinski definition) is 2. The Balaban J connectivity index is 2.25. The van der Waals surface area contributed by atoms with E-state index in [1.54, 1.807) is 0 Å². The molecule has 0 amide bonds. The van der Waals surface area contributed by atoms with Gasteiger partial charge >= 0.3 is 0 Å². The fourth-order valence-electron chi connectivity index (χ4n) is 1.27. The van der Waals surface area contributed by atoms with Crippen LogP contribution >= 0.6 is 0 Å². The lowest BCUT2D eigenvalue weighted by Gasteiger charge is -1.91. The van der Waals surface area contributed by atoms with Gasteiger partial charge in [-0.3, -0.25) is 0 Å². The SMILES string of the molecule is CS(=O)(=O)C#CCCC/C=C/c1ccccc1. The molecular formula is C14H16O2S. The van der Waals surface area contributed by atoms with Gasteiger partial charge in [0.15, 0.2) is 0 Å². The molecule has 90 valence electrons. The number of rotatable bonds is 4. The van der Waals surface area contributed by atoms with Gasteiger partial charge in [-0.25, -0.2) is 8.42 Å².